The van der Waals surface area contributed by atoms with Crippen molar-refractivity contribution < 1.29 is 14.2 Å². The van der Waals surface area contributed by atoms with Crippen LogP contribution in [0.4, 0.5) is 0 Å². The first-order valence-electron chi connectivity index (χ1n) is 7.47. The van der Waals surface area contributed by atoms with Gasteiger partial charge in [-0.05, 0) is 25.1 Å². The Hall–Kier alpha value is -0.810. The Morgan fingerprint density at radius 2 is 2.00 bits per heavy atom. The molecule has 1 N–H and O–H groups in total. The van der Waals surface area contributed by atoms with E-state index in [-0.39, 0.29) is 0 Å². The molecule has 120 valence electrons. The minimum atomic E-state index is 0.619. The Bertz CT molecular complexity index is 388. The van der Waals surface area contributed by atoms with Crippen molar-refractivity contribution >= 4 is 11.6 Å². The van der Waals surface area contributed by atoms with E-state index in [2.05, 4.69) is 12.2 Å². The van der Waals surface area contributed by atoms with Gasteiger partial charge in [0.15, 0.2) is 0 Å². The Morgan fingerprint density at radius 3 is 2.76 bits per heavy atom. The van der Waals surface area contributed by atoms with Crippen molar-refractivity contribution in [2.75, 3.05) is 40.1 Å². The average molecular weight is 316 g/mol. The molecule has 0 bridgehead atoms. The summed E-state index contributed by atoms with van der Waals surface area (Å²) in [6, 6.07) is 5.77. The summed E-state index contributed by atoms with van der Waals surface area (Å²) < 4.78 is 16.1. The monoisotopic (exact) mass is 315 g/mol. The predicted molar refractivity (Wildman–Crippen MR) is 86.3 cm³/mol. The molecule has 0 radical (unpaired) electrons. The van der Waals surface area contributed by atoms with Crippen LogP contribution in [0.15, 0.2) is 18.2 Å². The third-order valence-corrected chi connectivity index (χ3v) is 3.28. The van der Waals surface area contributed by atoms with E-state index in [4.69, 9.17) is 25.8 Å². The van der Waals surface area contributed by atoms with Crippen molar-refractivity contribution in [3.63, 3.8) is 0 Å². The second-order valence-electron chi connectivity index (χ2n) is 4.70. The zero-order valence-electron chi connectivity index (χ0n) is 13.0. The van der Waals surface area contributed by atoms with Crippen LogP contribution in [0.5, 0.6) is 5.75 Å². The quantitative estimate of drug-likeness (QED) is 0.601. The standard InChI is InChI=1S/C16H26ClNO3/c1-3-8-18-13-14-15(17)6-4-7-16(14)21-10-5-9-20-12-11-19-2/h4,6-7,18H,3,5,8-13H2,1-2H3. The molecule has 0 aliphatic rings. The second kappa shape index (κ2) is 11.8. The lowest BCUT2D eigenvalue weighted by Crippen LogP contribution is -2.15. The highest BCUT2D eigenvalue weighted by Gasteiger charge is 2.07. The summed E-state index contributed by atoms with van der Waals surface area (Å²) in [6.45, 7) is 6.38. The number of hydrogen-bond donors (Lipinski definition) is 1. The van der Waals surface area contributed by atoms with Crippen molar-refractivity contribution in [1.82, 2.24) is 5.32 Å². The molecule has 0 spiro atoms. The molecule has 0 heterocycles. The molecular formula is C16H26ClNO3. The van der Waals surface area contributed by atoms with Gasteiger partial charge in [0.05, 0.1) is 19.8 Å². The topological polar surface area (TPSA) is 39.7 Å². The largest absolute Gasteiger partial charge is 0.493 e. The third-order valence-electron chi connectivity index (χ3n) is 2.93. The van der Waals surface area contributed by atoms with Crippen LogP contribution in [0.1, 0.15) is 25.3 Å². The SMILES string of the molecule is CCCNCc1c(Cl)cccc1OCCCOCCOC. The highest BCUT2D eigenvalue weighted by Crippen LogP contribution is 2.26. The Morgan fingerprint density at radius 1 is 1.14 bits per heavy atom. The van der Waals surface area contributed by atoms with Gasteiger partial charge in [0.25, 0.3) is 0 Å². The van der Waals surface area contributed by atoms with Crippen molar-refractivity contribution in [2.45, 2.75) is 26.3 Å². The maximum atomic E-state index is 6.25. The van der Waals surface area contributed by atoms with Crippen LogP contribution in [-0.2, 0) is 16.0 Å². The molecule has 0 aliphatic carbocycles. The Labute approximate surface area is 132 Å². The molecular weight excluding hydrogens is 290 g/mol. The van der Waals surface area contributed by atoms with Crippen LogP contribution in [-0.4, -0.2) is 40.1 Å². The van der Waals surface area contributed by atoms with Gasteiger partial charge in [-0.15, -0.1) is 0 Å². The molecule has 0 amide bonds. The maximum absolute atomic E-state index is 6.25. The predicted octanol–water partition coefficient (Wildman–Crippen LogP) is 3.27. The number of hydrogen-bond acceptors (Lipinski definition) is 4. The fourth-order valence-electron chi connectivity index (χ4n) is 1.82. The van der Waals surface area contributed by atoms with Crippen molar-refractivity contribution in [1.29, 1.82) is 0 Å². The summed E-state index contributed by atoms with van der Waals surface area (Å²) >= 11 is 6.25. The van der Waals surface area contributed by atoms with E-state index in [0.29, 0.717) is 26.4 Å². The Kier molecular flexibility index (Phi) is 10.3. The lowest BCUT2D eigenvalue weighted by molar-refractivity contribution is 0.0644. The van der Waals surface area contributed by atoms with E-state index < -0.39 is 0 Å². The number of methoxy groups -OCH3 is 1. The van der Waals surface area contributed by atoms with E-state index in [0.717, 1.165) is 42.3 Å². The van der Waals surface area contributed by atoms with Crippen molar-refractivity contribution in [3.8, 4) is 5.75 Å². The smallest absolute Gasteiger partial charge is 0.125 e. The van der Waals surface area contributed by atoms with Crippen LogP contribution in [0.25, 0.3) is 0 Å². The second-order valence-corrected chi connectivity index (χ2v) is 5.11. The number of rotatable bonds is 12. The molecule has 21 heavy (non-hydrogen) atoms. The van der Waals surface area contributed by atoms with Gasteiger partial charge in [-0.2, -0.15) is 0 Å². The molecule has 1 aromatic rings. The van der Waals surface area contributed by atoms with Crippen LogP contribution in [0, 0.1) is 0 Å². The fourth-order valence-corrected chi connectivity index (χ4v) is 2.06. The average Bonchev–Trinajstić information content (AvgIpc) is 2.49. The van der Waals surface area contributed by atoms with Crippen molar-refractivity contribution in [3.05, 3.63) is 28.8 Å². The summed E-state index contributed by atoms with van der Waals surface area (Å²) in [6.07, 6.45) is 1.94. The molecule has 0 aromatic heterocycles. The first-order chi connectivity index (χ1) is 10.3. The van der Waals surface area contributed by atoms with Crippen LogP contribution >= 0.6 is 11.6 Å². The summed E-state index contributed by atoms with van der Waals surface area (Å²) in [5.74, 6) is 0.850. The van der Waals surface area contributed by atoms with Gasteiger partial charge >= 0.3 is 0 Å². The maximum Gasteiger partial charge on any atom is 0.125 e. The summed E-state index contributed by atoms with van der Waals surface area (Å²) in [4.78, 5) is 0. The number of halogens is 1. The molecule has 1 rings (SSSR count). The summed E-state index contributed by atoms with van der Waals surface area (Å²) in [7, 11) is 1.67. The van der Waals surface area contributed by atoms with E-state index in [1.165, 1.54) is 0 Å². The molecule has 0 unspecified atom stereocenters. The van der Waals surface area contributed by atoms with Gasteiger partial charge in [-0.3, -0.25) is 0 Å². The van der Waals surface area contributed by atoms with Gasteiger partial charge in [0.2, 0.25) is 0 Å². The van der Waals surface area contributed by atoms with Gasteiger partial charge < -0.3 is 19.5 Å². The molecule has 0 saturated heterocycles. The van der Waals surface area contributed by atoms with E-state index in [1.807, 2.05) is 18.2 Å². The molecule has 1 aromatic carbocycles. The van der Waals surface area contributed by atoms with Gasteiger partial charge in [-0.1, -0.05) is 24.6 Å². The molecule has 0 saturated carbocycles. The lowest BCUT2D eigenvalue weighted by atomic mass is 10.2. The minimum absolute atomic E-state index is 0.619. The minimum Gasteiger partial charge on any atom is -0.493 e. The van der Waals surface area contributed by atoms with E-state index >= 15 is 0 Å². The van der Waals surface area contributed by atoms with E-state index in [1.54, 1.807) is 7.11 Å². The van der Waals surface area contributed by atoms with Gasteiger partial charge in [0, 0.05) is 37.3 Å². The normalized spacial score (nSPS) is 10.8. The molecule has 0 atom stereocenters. The zero-order valence-corrected chi connectivity index (χ0v) is 13.7. The number of benzene rings is 1. The van der Waals surface area contributed by atoms with E-state index in [9.17, 15) is 0 Å². The third kappa shape index (κ3) is 7.67. The van der Waals surface area contributed by atoms with Crippen molar-refractivity contribution in [2.24, 2.45) is 0 Å². The summed E-state index contributed by atoms with van der Waals surface area (Å²) in [5, 5.41) is 4.10. The molecule has 0 fully saturated rings. The first kappa shape index (κ1) is 18.2. The van der Waals surface area contributed by atoms with Crippen LogP contribution in [0.3, 0.4) is 0 Å². The number of ether oxygens (including phenoxy) is 3. The first-order valence-corrected chi connectivity index (χ1v) is 7.85. The molecule has 5 heteroatoms. The highest BCUT2D eigenvalue weighted by molar-refractivity contribution is 6.31. The summed E-state index contributed by atoms with van der Waals surface area (Å²) in [5.41, 5.74) is 1.02. The molecule has 4 nitrogen and oxygen atoms in total. The lowest BCUT2D eigenvalue weighted by Gasteiger charge is -2.13. The Balaban J connectivity index is 2.34. The number of nitrogens with one attached hydrogen (secondary N) is 1. The van der Waals surface area contributed by atoms with Crippen LogP contribution < -0.4 is 10.1 Å². The highest BCUT2D eigenvalue weighted by atomic mass is 35.5. The fraction of sp³-hybridized carbons (Fsp3) is 0.625. The van der Waals surface area contributed by atoms with Gasteiger partial charge in [-0.25, -0.2) is 0 Å². The zero-order chi connectivity index (χ0) is 15.3. The van der Waals surface area contributed by atoms with Gasteiger partial charge in [0.1, 0.15) is 5.75 Å². The molecule has 0 aliphatic heterocycles. The van der Waals surface area contributed by atoms with Crippen LogP contribution in [0.2, 0.25) is 5.02 Å².